The Morgan fingerprint density at radius 2 is 1.87 bits per heavy atom. The van der Waals surface area contributed by atoms with Crippen molar-refractivity contribution in [2.45, 2.75) is 32.5 Å². The van der Waals surface area contributed by atoms with Gasteiger partial charge in [-0.05, 0) is 31.9 Å². The Balaban J connectivity index is 1.58. The van der Waals surface area contributed by atoms with E-state index in [9.17, 15) is 18.0 Å². The molecule has 3 rings (SSSR count). The summed E-state index contributed by atoms with van der Waals surface area (Å²) in [7, 11) is 3.12. The number of aryl methyl sites for hydroxylation is 1. The molecule has 0 unspecified atom stereocenters. The minimum absolute atomic E-state index is 0.0677. The van der Waals surface area contributed by atoms with E-state index in [0.717, 1.165) is 11.6 Å². The minimum atomic E-state index is -4.52. The van der Waals surface area contributed by atoms with Gasteiger partial charge in [-0.15, -0.1) is 0 Å². The summed E-state index contributed by atoms with van der Waals surface area (Å²) in [6.45, 7) is 2.63. The number of hydrogen-bond donors (Lipinski definition) is 1. The van der Waals surface area contributed by atoms with Gasteiger partial charge in [0.05, 0.1) is 14.2 Å². The molecule has 0 bridgehead atoms. The molecule has 0 atom stereocenters. The summed E-state index contributed by atoms with van der Waals surface area (Å²) in [5.41, 5.74) is -0.131. The van der Waals surface area contributed by atoms with Crippen LogP contribution >= 0.6 is 0 Å². The minimum Gasteiger partial charge on any atom is -0.497 e. The molecule has 0 spiro atoms. The zero-order valence-corrected chi connectivity index (χ0v) is 17.6. The number of nitrogens with zero attached hydrogens (tertiary/aromatic N) is 3. The molecule has 0 radical (unpaired) electrons. The van der Waals surface area contributed by atoms with Crippen LogP contribution in [0.4, 0.5) is 19.0 Å². The van der Waals surface area contributed by atoms with Crippen LogP contribution in [-0.4, -0.2) is 43.2 Å². The van der Waals surface area contributed by atoms with Crippen molar-refractivity contribution in [3.63, 3.8) is 0 Å². The summed E-state index contributed by atoms with van der Waals surface area (Å²) in [5.74, 6) is 1.28. The number of piperidine rings is 1. The first-order valence-corrected chi connectivity index (χ1v) is 9.87. The average molecular weight is 438 g/mol. The van der Waals surface area contributed by atoms with Crippen LogP contribution in [0.2, 0.25) is 0 Å². The molecule has 7 nitrogen and oxygen atoms in total. The zero-order valence-electron chi connectivity index (χ0n) is 17.6. The number of hydrogen-bond acceptors (Lipinski definition) is 6. The number of carbonyl (C=O) groups excluding carboxylic acids is 1. The van der Waals surface area contributed by atoms with Crippen LogP contribution in [0.3, 0.4) is 0 Å². The smallest absolute Gasteiger partial charge is 0.433 e. The molecule has 1 fully saturated rings. The maximum Gasteiger partial charge on any atom is 0.433 e. The maximum atomic E-state index is 13.0. The van der Waals surface area contributed by atoms with E-state index < -0.39 is 11.9 Å². The molecule has 168 valence electrons. The summed E-state index contributed by atoms with van der Waals surface area (Å²) in [4.78, 5) is 22.0. The van der Waals surface area contributed by atoms with Gasteiger partial charge >= 0.3 is 6.18 Å². The van der Waals surface area contributed by atoms with Crippen molar-refractivity contribution < 1.29 is 27.4 Å². The lowest BCUT2D eigenvalue weighted by Gasteiger charge is -2.32. The molecule has 1 N–H and O–H groups in total. The van der Waals surface area contributed by atoms with Gasteiger partial charge < -0.3 is 19.7 Å². The normalized spacial score (nSPS) is 15.0. The molecule has 1 aromatic carbocycles. The first-order chi connectivity index (χ1) is 14.7. The van der Waals surface area contributed by atoms with Crippen LogP contribution in [0.25, 0.3) is 0 Å². The van der Waals surface area contributed by atoms with Gasteiger partial charge in [-0.3, -0.25) is 4.79 Å². The predicted octanol–water partition coefficient (Wildman–Crippen LogP) is 3.35. The predicted molar refractivity (Wildman–Crippen MR) is 108 cm³/mol. The van der Waals surface area contributed by atoms with Crippen molar-refractivity contribution >= 4 is 11.7 Å². The number of halogens is 3. The molecule has 10 heteroatoms. The van der Waals surface area contributed by atoms with Gasteiger partial charge in [0.25, 0.3) is 0 Å². The van der Waals surface area contributed by atoms with Gasteiger partial charge in [0.15, 0.2) is 0 Å². The third-order valence-corrected chi connectivity index (χ3v) is 5.25. The quantitative estimate of drug-likeness (QED) is 0.746. The van der Waals surface area contributed by atoms with Crippen LogP contribution in [0.1, 0.15) is 29.9 Å². The van der Waals surface area contributed by atoms with Crippen molar-refractivity contribution in [3.05, 3.63) is 41.3 Å². The van der Waals surface area contributed by atoms with Crippen molar-refractivity contribution in [2.24, 2.45) is 5.92 Å². The van der Waals surface area contributed by atoms with Gasteiger partial charge in [-0.25, -0.2) is 9.97 Å². The highest BCUT2D eigenvalue weighted by atomic mass is 19.4. The Morgan fingerprint density at radius 3 is 2.48 bits per heavy atom. The Bertz CT molecular complexity index is 929. The fourth-order valence-corrected chi connectivity index (χ4v) is 3.55. The van der Waals surface area contributed by atoms with Crippen LogP contribution in [0.15, 0.2) is 24.3 Å². The Kier molecular flexibility index (Phi) is 6.87. The summed E-state index contributed by atoms with van der Waals surface area (Å²) >= 11 is 0. The van der Waals surface area contributed by atoms with E-state index in [0.29, 0.717) is 44.0 Å². The first kappa shape index (κ1) is 22.6. The monoisotopic (exact) mass is 438 g/mol. The molecule has 2 heterocycles. The lowest BCUT2D eigenvalue weighted by molar-refractivity contribution is -0.141. The third-order valence-electron chi connectivity index (χ3n) is 5.25. The highest BCUT2D eigenvalue weighted by Crippen LogP contribution is 2.31. The second-order valence-electron chi connectivity index (χ2n) is 7.31. The molecule has 1 aliphatic rings. The van der Waals surface area contributed by atoms with Gasteiger partial charge in [0, 0.05) is 43.2 Å². The van der Waals surface area contributed by atoms with Gasteiger partial charge in [-0.2, -0.15) is 13.2 Å². The number of carbonyl (C=O) groups is 1. The van der Waals surface area contributed by atoms with E-state index in [2.05, 4.69) is 15.3 Å². The molecule has 1 aliphatic heterocycles. The molecule has 0 aliphatic carbocycles. The maximum absolute atomic E-state index is 13.0. The standard InChI is InChI=1S/C21H25F3N4O3/c1-13-26-18(21(22,23)24)11-19(27-13)28-8-6-14(7-9-28)20(29)25-12-15-4-5-16(30-2)10-17(15)31-3/h4-5,10-11,14H,6-9,12H2,1-3H3,(H,25,29). The molecule has 31 heavy (non-hydrogen) atoms. The summed E-state index contributed by atoms with van der Waals surface area (Å²) in [6.07, 6.45) is -3.48. The molecule has 1 aromatic heterocycles. The van der Waals surface area contributed by atoms with E-state index in [1.54, 1.807) is 31.3 Å². The molecule has 0 saturated carbocycles. The van der Waals surface area contributed by atoms with Crippen LogP contribution in [0, 0.1) is 12.8 Å². The molecule has 2 aromatic rings. The number of amides is 1. The largest absolute Gasteiger partial charge is 0.497 e. The van der Waals surface area contributed by atoms with Crippen LogP contribution < -0.4 is 19.7 Å². The SMILES string of the molecule is COc1ccc(CNC(=O)C2CCN(c3cc(C(F)(F)F)nc(C)n3)CC2)c(OC)c1. The van der Waals surface area contributed by atoms with Crippen LogP contribution in [0.5, 0.6) is 11.5 Å². The van der Waals surface area contributed by atoms with E-state index in [1.165, 1.54) is 6.92 Å². The van der Waals surface area contributed by atoms with E-state index >= 15 is 0 Å². The number of ether oxygens (including phenoxy) is 2. The van der Waals surface area contributed by atoms with Crippen molar-refractivity contribution in [2.75, 3.05) is 32.2 Å². The highest BCUT2D eigenvalue weighted by molar-refractivity contribution is 5.79. The zero-order chi connectivity index (χ0) is 22.6. The first-order valence-electron chi connectivity index (χ1n) is 9.87. The fourth-order valence-electron chi connectivity index (χ4n) is 3.55. The second kappa shape index (κ2) is 9.40. The third kappa shape index (κ3) is 5.56. The molecular weight excluding hydrogens is 413 g/mol. The number of benzene rings is 1. The van der Waals surface area contributed by atoms with Gasteiger partial charge in [-0.1, -0.05) is 0 Å². The second-order valence-corrected chi connectivity index (χ2v) is 7.31. The Hall–Kier alpha value is -3.04. The van der Waals surface area contributed by atoms with Crippen molar-refractivity contribution in [1.29, 1.82) is 0 Å². The van der Waals surface area contributed by atoms with E-state index in [-0.39, 0.29) is 23.5 Å². The van der Waals surface area contributed by atoms with Crippen molar-refractivity contribution in [3.8, 4) is 11.5 Å². The lowest BCUT2D eigenvalue weighted by atomic mass is 9.95. The van der Waals surface area contributed by atoms with Crippen molar-refractivity contribution in [1.82, 2.24) is 15.3 Å². The summed E-state index contributed by atoms with van der Waals surface area (Å²) in [6, 6.07) is 6.33. The number of rotatable bonds is 6. The molecular formula is C21H25F3N4O3. The number of nitrogens with one attached hydrogen (secondary N) is 1. The highest BCUT2D eigenvalue weighted by Gasteiger charge is 2.34. The summed E-state index contributed by atoms with van der Waals surface area (Å²) in [5, 5.41) is 2.92. The number of methoxy groups -OCH3 is 2. The summed E-state index contributed by atoms with van der Waals surface area (Å²) < 4.78 is 49.6. The fraction of sp³-hybridized carbons (Fsp3) is 0.476. The average Bonchev–Trinajstić information content (AvgIpc) is 2.76. The Labute approximate surface area is 178 Å². The number of alkyl halides is 3. The lowest BCUT2D eigenvalue weighted by Crippen LogP contribution is -2.41. The number of aromatic nitrogens is 2. The number of anilines is 1. The topological polar surface area (TPSA) is 76.6 Å². The van der Waals surface area contributed by atoms with Crippen LogP contribution in [-0.2, 0) is 17.5 Å². The Morgan fingerprint density at radius 1 is 1.16 bits per heavy atom. The molecule has 1 saturated heterocycles. The van der Waals surface area contributed by atoms with Gasteiger partial charge in [0.2, 0.25) is 5.91 Å². The van der Waals surface area contributed by atoms with Gasteiger partial charge in [0.1, 0.15) is 28.8 Å². The van der Waals surface area contributed by atoms with E-state index in [4.69, 9.17) is 9.47 Å². The molecule has 1 amide bonds. The van der Waals surface area contributed by atoms with E-state index in [1.807, 2.05) is 6.07 Å².